The zero-order valence-corrected chi connectivity index (χ0v) is 10.5. The van der Waals surface area contributed by atoms with Crippen molar-refractivity contribution in [2.75, 3.05) is 5.43 Å². The second kappa shape index (κ2) is 5.15. The lowest BCUT2D eigenvalue weighted by molar-refractivity contribution is 0.868. The Morgan fingerprint density at radius 1 is 1.47 bits per heavy atom. The number of hydrazine groups is 1. The van der Waals surface area contributed by atoms with Crippen molar-refractivity contribution in [3.8, 4) is 0 Å². The molecule has 0 saturated carbocycles. The number of hydrogen-bond acceptors (Lipinski definition) is 6. The Morgan fingerprint density at radius 3 is 2.88 bits per heavy atom. The number of H-pyrrole nitrogens is 1. The Kier molecular flexibility index (Phi) is 3.60. The molecular formula is C10H14N6S. The maximum Gasteiger partial charge on any atom is 0.171 e. The van der Waals surface area contributed by atoms with Gasteiger partial charge in [0.1, 0.15) is 16.7 Å². The van der Waals surface area contributed by atoms with E-state index in [-0.39, 0.29) is 0 Å². The Balaban J connectivity index is 2.38. The Morgan fingerprint density at radius 2 is 2.29 bits per heavy atom. The normalized spacial score (nSPS) is 10.5. The molecule has 0 atom stereocenters. The van der Waals surface area contributed by atoms with Gasteiger partial charge in [0.2, 0.25) is 0 Å². The number of aromatic amines is 1. The fraction of sp³-hybridized carbons (Fsp3) is 0.300. The molecule has 2 aromatic rings. The molecule has 0 aliphatic heterocycles. The number of nitrogens with one attached hydrogen (secondary N) is 2. The zero-order chi connectivity index (χ0) is 12.3. The summed E-state index contributed by atoms with van der Waals surface area (Å²) in [7, 11) is 0. The fourth-order valence-electron chi connectivity index (χ4n) is 1.34. The molecule has 90 valence electrons. The minimum absolute atomic E-state index is 0.658. The SMILES string of the molecule is CCc1nc(NN)c(C)c(Sc2ncc[nH]2)n1. The molecule has 0 amide bonds. The highest BCUT2D eigenvalue weighted by Gasteiger charge is 2.11. The molecule has 2 aromatic heterocycles. The second-order valence-electron chi connectivity index (χ2n) is 3.41. The number of imidazole rings is 1. The molecule has 4 N–H and O–H groups in total. The summed E-state index contributed by atoms with van der Waals surface area (Å²) in [4.78, 5) is 16.0. The summed E-state index contributed by atoms with van der Waals surface area (Å²) in [5, 5.41) is 1.66. The third-order valence-electron chi connectivity index (χ3n) is 2.27. The summed E-state index contributed by atoms with van der Waals surface area (Å²) < 4.78 is 0. The summed E-state index contributed by atoms with van der Waals surface area (Å²) in [5.74, 6) is 6.86. The quantitative estimate of drug-likeness (QED) is 0.433. The number of nitrogen functional groups attached to an aromatic ring is 1. The smallest absolute Gasteiger partial charge is 0.171 e. The van der Waals surface area contributed by atoms with Crippen LogP contribution in [-0.4, -0.2) is 19.9 Å². The van der Waals surface area contributed by atoms with E-state index in [4.69, 9.17) is 5.84 Å². The van der Waals surface area contributed by atoms with Crippen LogP contribution < -0.4 is 11.3 Å². The molecule has 0 radical (unpaired) electrons. The van der Waals surface area contributed by atoms with E-state index >= 15 is 0 Å². The maximum absolute atomic E-state index is 5.44. The largest absolute Gasteiger partial charge is 0.339 e. The molecular weight excluding hydrogens is 236 g/mol. The van der Waals surface area contributed by atoms with E-state index in [9.17, 15) is 0 Å². The first-order valence-corrected chi connectivity index (χ1v) is 6.07. The zero-order valence-electron chi connectivity index (χ0n) is 9.69. The van der Waals surface area contributed by atoms with Gasteiger partial charge in [-0.1, -0.05) is 6.92 Å². The highest BCUT2D eigenvalue weighted by atomic mass is 32.2. The van der Waals surface area contributed by atoms with E-state index in [1.807, 2.05) is 13.8 Å². The van der Waals surface area contributed by atoms with Gasteiger partial charge in [-0.25, -0.2) is 20.8 Å². The summed E-state index contributed by atoms with van der Waals surface area (Å²) in [6, 6.07) is 0. The average Bonchev–Trinajstić information content (AvgIpc) is 2.84. The Labute approximate surface area is 103 Å². The van der Waals surface area contributed by atoms with Crippen LogP contribution in [0.2, 0.25) is 0 Å². The van der Waals surface area contributed by atoms with Crippen molar-refractivity contribution in [1.29, 1.82) is 0 Å². The molecule has 2 rings (SSSR count). The summed E-state index contributed by atoms with van der Waals surface area (Å²) in [6.07, 6.45) is 4.25. The molecule has 17 heavy (non-hydrogen) atoms. The van der Waals surface area contributed by atoms with Crippen molar-refractivity contribution in [3.63, 3.8) is 0 Å². The first-order valence-electron chi connectivity index (χ1n) is 5.26. The van der Waals surface area contributed by atoms with E-state index in [1.165, 1.54) is 11.8 Å². The van der Waals surface area contributed by atoms with Crippen LogP contribution in [0.15, 0.2) is 22.6 Å². The number of aryl methyl sites for hydroxylation is 1. The van der Waals surface area contributed by atoms with Crippen molar-refractivity contribution in [2.24, 2.45) is 5.84 Å². The first-order chi connectivity index (χ1) is 8.24. The van der Waals surface area contributed by atoms with Gasteiger partial charge >= 0.3 is 0 Å². The predicted octanol–water partition coefficient (Wildman–Crippen LogP) is 1.51. The monoisotopic (exact) mass is 250 g/mol. The van der Waals surface area contributed by atoms with Crippen LogP contribution >= 0.6 is 11.8 Å². The van der Waals surface area contributed by atoms with Crippen molar-refractivity contribution in [3.05, 3.63) is 23.8 Å². The summed E-state index contributed by atoms with van der Waals surface area (Å²) >= 11 is 1.47. The minimum Gasteiger partial charge on any atom is -0.339 e. The predicted molar refractivity (Wildman–Crippen MR) is 66.7 cm³/mol. The lowest BCUT2D eigenvalue weighted by Crippen LogP contribution is -2.13. The van der Waals surface area contributed by atoms with Crippen LogP contribution in [0.1, 0.15) is 18.3 Å². The van der Waals surface area contributed by atoms with Gasteiger partial charge in [0.05, 0.1) is 0 Å². The van der Waals surface area contributed by atoms with Crippen molar-refractivity contribution >= 4 is 17.6 Å². The highest BCUT2D eigenvalue weighted by molar-refractivity contribution is 7.99. The third-order valence-corrected chi connectivity index (χ3v) is 3.27. The van der Waals surface area contributed by atoms with Gasteiger partial charge in [0.15, 0.2) is 5.16 Å². The molecule has 0 saturated heterocycles. The number of rotatable bonds is 4. The van der Waals surface area contributed by atoms with Crippen LogP contribution in [0.4, 0.5) is 5.82 Å². The number of anilines is 1. The maximum atomic E-state index is 5.44. The third kappa shape index (κ3) is 2.56. The molecule has 6 nitrogen and oxygen atoms in total. The second-order valence-corrected chi connectivity index (χ2v) is 4.39. The lowest BCUT2D eigenvalue weighted by Gasteiger charge is -2.09. The van der Waals surface area contributed by atoms with Crippen LogP contribution in [-0.2, 0) is 6.42 Å². The molecule has 0 bridgehead atoms. The van der Waals surface area contributed by atoms with Gasteiger partial charge < -0.3 is 10.4 Å². The number of nitrogens with zero attached hydrogens (tertiary/aromatic N) is 3. The van der Waals surface area contributed by atoms with Gasteiger partial charge in [0, 0.05) is 24.4 Å². The van der Waals surface area contributed by atoms with E-state index in [0.717, 1.165) is 28.0 Å². The van der Waals surface area contributed by atoms with Gasteiger partial charge in [-0.3, -0.25) is 0 Å². The first kappa shape index (κ1) is 11.9. The van der Waals surface area contributed by atoms with Crippen molar-refractivity contribution < 1.29 is 0 Å². The van der Waals surface area contributed by atoms with Crippen molar-refractivity contribution in [1.82, 2.24) is 19.9 Å². The fourth-order valence-corrected chi connectivity index (χ4v) is 2.16. The number of nitrogens with two attached hydrogens (primary N) is 1. The van der Waals surface area contributed by atoms with Gasteiger partial charge in [0.25, 0.3) is 0 Å². The molecule has 0 aromatic carbocycles. The Bertz CT molecular complexity index is 496. The molecule has 0 aliphatic rings. The summed E-state index contributed by atoms with van der Waals surface area (Å²) in [5.41, 5.74) is 3.52. The Hall–Kier alpha value is -1.60. The molecule has 2 heterocycles. The lowest BCUT2D eigenvalue weighted by atomic mass is 10.3. The molecule has 7 heteroatoms. The molecule has 0 aliphatic carbocycles. The highest BCUT2D eigenvalue weighted by Crippen LogP contribution is 2.28. The van der Waals surface area contributed by atoms with Gasteiger partial charge in [-0.15, -0.1) is 0 Å². The number of aromatic nitrogens is 4. The van der Waals surface area contributed by atoms with E-state index in [2.05, 4.69) is 25.4 Å². The van der Waals surface area contributed by atoms with E-state index in [1.54, 1.807) is 12.4 Å². The van der Waals surface area contributed by atoms with Crippen molar-refractivity contribution in [2.45, 2.75) is 30.5 Å². The average molecular weight is 250 g/mol. The van der Waals surface area contributed by atoms with Crippen LogP contribution in [0.25, 0.3) is 0 Å². The topological polar surface area (TPSA) is 92.5 Å². The standard InChI is InChI=1S/C10H14N6S/c1-3-7-14-8(16-11)6(2)9(15-7)17-10-12-4-5-13-10/h4-5H,3,11H2,1-2H3,(H,12,13)(H,14,15,16). The minimum atomic E-state index is 0.658. The molecule has 0 fully saturated rings. The van der Waals surface area contributed by atoms with E-state index in [0.29, 0.717) is 5.82 Å². The van der Waals surface area contributed by atoms with Gasteiger partial charge in [-0.05, 0) is 18.7 Å². The van der Waals surface area contributed by atoms with Gasteiger partial charge in [-0.2, -0.15) is 0 Å². The van der Waals surface area contributed by atoms with Crippen LogP contribution in [0, 0.1) is 6.92 Å². The number of hydrogen-bond donors (Lipinski definition) is 3. The van der Waals surface area contributed by atoms with Crippen LogP contribution in [0.5, 0.6) is 0 Å². The molecule has 0 unspecified atom stereocenters. The molecule has 0 spiro atoms. The van der Waals surface area contributed by atoms with Crippen LogP contribution in [0.3, 0.4) is 0 Å². The van der Waals surface area contributed by atoms with E-state index < -0.39 is 0 Å². The summed E-state index contributed by atoms with van der Waals surface area (Å²) in [6.45, 7) is 3.94.